The SMILES string of the molecule is Cc1ccc(C(C)C)cc1OC1CC(N)C1. The zero-order valence-corrected chi connectivity index (χ0v) is 10.4. The van der Waals surface area contributed by atoms with Crippen LogP contribution in [0.25, 0.3) is 0 Å². The van der Waals surface area contributed by atoms with Crippen LogP contribution in [-0.2, 0) is 0 Å². The second-order valence-corrected chi connectivity index (χ2v) is 5.15. The third-order valence-electron chi connectivity index (χ3n) is 3.30. The molecule has 0 saturated heterocycles. The molecule has 16 heavy (non-hydrogen) atoms. The summed E-state index contributed by atoms with van der Waals surface area (Å²) in [7, 11) is 0. The van der Waals surface area contributed by atoms with Crippen molar-refractivity contribution in [2.75, 3.05) is 0 Å². The largest absolute Gasteiger partial charge is 0.490 e. The summed E-state index contributed by atoms with van der Waals surface area (Å²) in [5.74, 6) is 1.58. The fourth-order valence-corrected chi connectivity index (χ4v) is 1.98. The van der Waals surface area contributed by atoms with Crippen LogP contribution in [0.2, 0.25) is 0 Å². The molecular weight excluding hydrogens is 198 g/mol. The van der Waals surface area contributed by atoms with Crippen molar-refractivity contribution in [1.29, 1.82) is 0 Å². The number of ether oxygens (including phenoxy) is 1. The van der Waals surface area contributed by atoms with Gasteiger partial charge in [0.1, 0.15) is 11.9 Å². The molecule has 0 spiro atoms. The number of nitrogens with two attached hydrogens (primary N) is 1. The van der Waals surface area contributed by atoms with Gasteiger partial charge in [0.25, 0.3) is 0 Å². The molecule has 88 valence electrons. The first-order valence-corrected chi connectivity index (χ1v) is 6.09. The lowest BCUT2D eigenvalue weighted by Crippen LogP contribution is -2.43. The van der Waals surface area contributed by atoms with Gasteiger partial charge < -0.3 is 10.5 Å². The van der Waals surface area contributed by atoms with Crippen molar-refractivity contribution in [2.45, 2.75) is 51.7 Å². The standard InChI is InChI=1S/C14H21NO/c1-9(2)11-5-4-10(3)14(6-11)16-13-7-12(15)8-13/h4-6,9,12-13H,7-8,15H2,1-3H3. The number of hydrogen-bond donors (Lipinski definition) is 1. The summed E-state index contributed by atoms with van der Waals surface area (Å²) in [6, 6.07) is 6.84. The number of hydrogen-bond acceptors (Lipinski definition) is 2. The third-order valence-corrected chi connectivity index (χ3v) is 3.30. The molecular formula is C14H21NO. The minimum Gasteiger partial charge on any atom is -0.490 e. The molecule has 1 aliphatic carbocycles. The molecule has 0 atom stereocenters. The van der Waals surface area contributed by atoms with Gasteiger partial charge in [0.2, 0.25) is 0 Å². The van der Waals surface area contributed by atoms with E-state index in [1.54, 1.807) is 0 Å². The summed E-state index contributed by atoms with van der Waals surface area (Å²) in [6.07, 6.45) is 2.31. The van der Waals surface area contributed by atoms with Gasteiger partial charge in [0, 0.05) is 6.04 Å². The molecule has 0 aromatic heterocycles. The van der Waals surface area contributed by atoms with Crippen LogP contribution in [0.5, 0.6) is 5.75 Å². The lowest BCUT2D eigenvalue weighted by Gasteiger charge is -2.33. The van der Waals surface area contributed by atoms with Crippen LogP contribution in [-0.4, -0.2) is 12.1 Å². The molecule has 2 rings (SSSR count). The summed E-state index contributed by atoms with van der Waals surface area (Å²) in [4.78, 5) is 0. The lowest BCUT2D eigenvalue weighted by molar-refractivity contribution is 0.1000. The van der Waals surface area contributed by atoms with Gasteiger partial charge in [0.15, 0.2) is 0 Å². The van der Waals surface area contributed by atoms with Crippen LogP contribution in [0.15, 0.2) is 18.2 Å². The lowest BCUT2D eigenvalue weighted by atomic mass is 9.90. The van der Waals surface area contributed by atoms with E-state index in [1.165, 1.54) is 11.1 Å². The van der Waals surface area contributed by atoms with Gasteiger partial charge in [-0.1, -0.05) is 26.0 Å². The predicted molar refractivity (Wildman–Crippen MR) is 66.9 cm³/mol. The Labute approximate surface area is 97.8 Å². The van der Waals surface area contributed by atoms with E-state index in [0.29, 0.717) is 18.1 Å². The molecule has 0 unspecified atom stereocenters. The molecule has 2 nitrogen and oxygen atoms in total. The first-order valence-electron chi connectivity index (χ1n) is 6.09. The van der Waals surface area contributed by atoms with Gasteiger partial charge in [-0.3, -0.25) is 0 Å². The molecule has 1 aromatic carbocycles. The molecule has 0 bridgehead atoms. The van der Waals surface area contributed by atoms with Crippen molar-refractivity contribution >= 4 is 0 Å². The van der Waals surface area contributed by atoms with Crippen molar-refractivity contribution in [3.05, 3.63) is 29.3 Å². The van der Waals surface area contributed by atoms with E-state index >= 15 is 0 Å². The molecule has 1 aromatic rings. The van der Waals surface area contributed by atoms with Crippen molar-refractivity contribution in [1.82, 2.24) is 0 Å². The molecule has 1 fully saturated rings. The van der Waals surface area contributed by atoms with Crippen molar-refractivity contribution in [2.24, 2.45) is 5.73 Å². The van der Waals surface area contributed by atoms with Gasteiger partial charge in [-0.2, -0.15) is 0 Å². The fraction of sp³-hybridized carbons (Fsp3) is 0.571. The summed E-state index contributed by atoms with van der Waals surface area (Å²) >= 11 is 0. The first-order chi connectivity index (χ1) is 7.56. The van der Waals surface area contributed by atoms with Gasteiger partial charge in [-0.15, -0.1) is 0 Å². The van der Waals surface area contributed by atoms with Crippen molar-refractivity contribution in [3.8, 4) is 5.75 Å². The molecule has 1 aliphatic rings. The van der Waals surface area contributed by atoms with Crippen LogP contribution in [0.3, 0.4) is 0 Å². The molecule has 0 amide bonds. The average Bonchev–Trinajstić information content (AvgIpc) is 2.18. The van der Waals surface area contributed by atoms with Crippen LogP contribution in [0.4, 0.5) is 0 Å². The second kappa shape index (κ2) is 4.46. The first kappa shape index (κ1) is 11.5. The highest BCUT2D eigenvalue weighted by Gasteiger charge is 2.28. The Balaban J connectivity index is 2.09. The van der Waals surface area contributed by atoms with Crippen molar-refractivity contribution < 1.29 is 4.74 Å². The Hall–Kier alpha value is -1.02. The number of rotatable bonds is 3. The minimum absolute atomic E-state index is 0.330. The zero-order valence-electron chi connectivity index (χ0n) is 10.4. The second-order valence-electron chi connectivity index (χ2n) is 5.15. The number of benzene rings is 1. The van der Waals surface area contributed by atoms with E-state index in [-0.39, 0.29) is 0 Å². The maximum Gasteiger partial charge on any atom is 0.122 e. The molecule has 2 N–H and O–H groups in total. The normalized spacial score (nSPS) is 24.3. The van der Waals surface area contributed by atoms with Crippen LogP contribution >= 0.6 is 0 Å². The van der Waals surface area contributed by atoms with Crippen LogP contribution in [0, 0.1) is 6.92 Å². The summed E-state index contributed by atoms with van der Waals surface area (Å²) in [5.41, 5.74) is 8.31. The van der Waals surface area contributed by atoms with Crippen LogP contribution < -0.4 is 10.5 Å². The predicted octanol–water partition coefficient (Wildman–Crippen LogP) is 2.99. The quantitative estimate of drug-likeness (QED) is 0.848. The Kier molecular flexibility index (Phi) is 3.20. The van der Waals surface area contributed by atoms with E-state index in [4.69, 9.17) is 10.5 Å². The monoisotopic (exact) mass is 219 g/mol. The van der Waals surface area contributed by atoms with Gasteiger partial charge in [-0.25, -0.2) is 0 Å². The molecule has 0 aliphatic heterocycles. The minimum atomic E-state index is 0.330. The summed E-state index contributed by atoms with van der Waals surface area (Å²) < 4.78 is 5.96. The smallest absolute Gasteiger partial charge is 0.122 e. The summed E-state index contributed by atoms with van der Waals surface area (Å²) in [6.45, 7) is 6.50. The third kappa shape index (κ3) is 2.38. The fourth-order valence-electron chi connectivity index (χ4n) is 1.98. The summed E-state index contributed by atoms with van der Waals surface area (Å²) in [5, 5.41) is 0. The maximum absolute atomic E-state index is 5.96. The van der Waals surface area contributed by atoms with E-state index in [9.17, 15) is 0 Å². The Morgan fingerprint density at radius 2 is 2.00 bits per heavy atom. The Bertz CT molecular complexity index is 367. The maximum atomic E-state index is 5.96. The molecule has 1 saturated carbocycles. The highest BCUT2D eigenvalue weighted by Crippen LogP contribution is 2.29. The molecule has 2 heteroatoms. The zero-order chi connectivity index (χ0) is 11.7. The van der Waals surface area contributed by atoms with E-state index < -0.39 is 0 Å². The van der Waals surface area contributed by atoms with E-state index in [0.717, 1.165) is 18.6 Å². The number of aryl methyl sites for hydroxylation is 1. The van der Waals surface area contributed by atoms with Crippen LogP contribution in [0.1, 0.15) is 43.7 Å². The van der Waals surface area contributed by atoms with Crippen molar-refractivity contribution in [3.63, 3.8) is 0 Å². The van der Waals surface area contributed by atoms with Gasteiger partial charge >= 0.3 is 0 Å². The van der Waals surface area contributed by atoms with Gasteiger partial charge in [0.05, 0.1) is 0 Å². The highest BCUT2D eigenvalue weighted by molar-refractivity contribution is 5.38. The highest BCUT2D eigenvalue weighted by atomic mass is 16.5. The molecule has 0 heterocycles. The topological polar surface area (TPSA) is 35.2 Å². The Morgan fingerprint density at radius 3 is 2.56 bits per heavy atom. The Morgan fingerprint density at radius 1 is 1.31 bits per heavy atom. The average molecular weight is 219 g/mol. The van der Waals surface area contributed by atoms with E-state index in [2.05, 4.69) is 39.0 Å². The molecule has 0 radical (unpaired) electrons. The van der Waals surface area contributed by atoms with Gasteiger partial charge in [-0.05, 0) is 42.9 Å². The van der Waals surface area contributed by atoms with E-state index in [1.807, 2.05) is 0 Å².